The number of rotatable bonds is 3. The van der Waals surface area contributed by atoms with E-state index in [0.29, 0.717) is 31.6 Å². The van der Waals surface area contributed by atoms with Gasteiger partial charge in [0.2, 0.25) is 5.91 Å². The number of benzene rings is 1. The predicted octanol–water partition coefficient (Wildman–Crippen LogP) is 1.88. The third-order valence-corrected chi connectivity index (χ3v) is 5.00. The van der Waals surface area contributed by atoms with Crippen molar-refractivity contribution in [1.29, 1.82) is 0 Å². The summed E-state index contributed by atoms with van der Waals surface area (Å²) in [6.45, 7) is 1.07. The van der Waals surface area contributed by atoms with Gasteiger partial charge in [0.05, 0.1) is 24.1 Å². The summed E-state index contributed by atoms with van der Waals surface area (Å²) >= 11 is 3.35. The molecule has 2 heterocycles. The number of imide groups is 1. The fourth-order valence-corrected chi connectivity index (χ4v) is 3.63. The number of hydrogen-bond donors (Lipinski definition) is 1. The van der Waals surface area contributed by atoms with Crippen LogP contribution in [0.3, 0.4) is 0 Å². The van der Waals surface area contributed by atoms with Gasteiger partial charge in [0.1, 0.15) is 0 Å². The van der Waals surface area contributed by atoms with Crippen LogP contribution in [0.15, 0.2) is 28.7 Å². The summed E-state index contributed by atoms with van der Waals surface area (Å²) in [5.41, 5.74) is 0.567. The molecule has 2 aliphatic heterocycles. The summed E-state index contributed by atoms with van der Waals surface area (Å²) in [6, 6.07) is 6.62. The maximum absolute atomic E-state index is 12.7. The Morgan fingerprint density at radius 1 is 1.22 bits per heavy atom. The van der Waals surface area contributed by atoms with Crippen LogP contribution in [0.1, 0.15) is 19.3 Å². The van der Waals surface area contributed by atoms with E-state index in [1.165, 1.54) is 4.90 Å². The Bertz CT molecular complexity index is 655. The molecule has 0 bridgehead atoms. The second-order valence-corrected chi connectivity index (χ2v) is 6.83. The highest BCUT2D eigenvalue weighted by molar-refractivity contribution is 9.10. The molecule has 0 saturated carbocycles. The highest BCUT2D eigenvalue weighted by Gasteiger charge is 2.43. The lowest BCUT2D eigenvalue weighted by Gasteiger charge is -2.33. The van der Waals surface area contributed by atoms with Gasteiger partial charge in [-0.25, -0.2) is 4.90 Å². The van der Waals surface area contributed by atoms with Crippen LogP contribution in [0.25, 0.3) is 0 Å². The molecular weight excluding hydrogens is 364 g/mol. The first-order chi connectivity index (χ1) is 11.0. The summed E-state index contributed by atoms with van der Waals surface area (Å²) in [5.74, 6) is -1.56. The quantitative estimate of drug-likeness (QED) is 0.809. The maximum atomic E-state index is 12.7. The number of piperidine rings is 1. The van der Waals surface area contributed by atoms with Crippen LogP contribution in [0.4, 0.5) is 5.69 Å². The predicted molar refractivity (Wildman–Crippen MR) is 87.0 cm³/mol. The molecule has 3 rings (SSSR count). The number of carboxylic acids is 1. The van der Waals surface area contributed by atoms with Gasteiger partial charge in [-0.3, -0.25) is 19.3 Å². The van der Waals surface area contributed by atoms with Crippen molar-refractivity contribution in [2.45, 2.75) is 25.3 Å². The molecule has 1 N–H and O–H groups in total. The van der Waals surface area contributed by atoms with Crippen LogP contribution in [0.2, 0.25) is 0 Å². The monoisotopic (exact) mass is 380 g/mol. The molecule has 2 fully saturated rings. The Morgan fingerprint density at radius 2 is 1.91 bits per heavy atom. The van der Waals surface area contributed by atoms with E-state index >= 15 is 0 Å². The first-order valence-electron chi connectivity index (χ1n) is 7.56. The summed E-state index contributed by atoms with van der Waals surface area (Å²) in [5, 5.41) is 9.05. The number of likely N-dealkylation sites (tertiary alicyclic amines) is 1. The third-order valence-electron chi connectivity index (χ3n) is 4.51. The highest BCUT2D eigenvalue weighted by atomic mass is 79.9. The molecule has 1 aromatic carbocycles. The van der Waals surface area contributed by atoms with Crippen LogP contribution >= 0.6 is 15.9 Å². The molecule has 6 nitrogen and oxygen atoms in total. The summed E-state index contributed by atoms with van der Waals surface area (Å²) < 4.78 is 0.807. The summed E-state index contributed by atoms with van der Waals surface area (Å²) in [6.07, 6.45) is 1.19. The number of carboxylic acid groups (broad SMARTS) is 1. The van der Waals surface area contributed by atoms with Crippen molar-refractivity contribution in [3.05, 3.63) is 28.7 Å². The first-order valence-corrected chi connectivity index (χ1v) is 8.36. The number of carbonyl (C=O) groups excluding carboxylic acids is 2. The molecular formula is C16H17BrN2O4. The van der Waals surface area contributed by atoms with E-state index in [2.05, 4.69) is 15.9 Å². The lowest BCUT2D eigenvalue weighted by atomic mass is 9.96. The van der Waals surface area contributed by atoms with Gasteiger partial charge >= 0.3 is 5.97 Å². The molecule has 122 valence electrons. The van der Waals surface area contributed by atoms with E-state index in [0.717, 1.165) is 4.47 Å². The zero-order valence-corrected chi connectivity index (χ0v) is 14.0. The molecule has 1 aromatic rings. The number of hydrogen-bond acceptors (Lipinski definition) is 4. The van der Waals surface area contributed by atoms with E-state index < -0.39 is 12.0 Å². The Labute approximate surface area is 142 Å². The van der Waals surface area contributed by atoms with Crippen molar-refractivity contribution in [2.24, 2.45) is 5.92 Å². The SMILES string of the molecule is O=C(O)C1CCN(C2CC(=O)N(c3cccc(Br)c3)C2=O)CC1. The molecule has 1 unspecified atom stereocenters. The minimum atomic E-state index is -0.783. The van der Waals surface area contributed by atoms with Gasteiger partial charge < -0.3 is 5.11 Å². The van der Waals surface area contributed by atoms with E-state index in [-0.39, 0.29) is 24.2 Å². The van der Waals surface area contributed by atoms with Crippen molar-refractivity contribution < 1.29 is 19.5 Å². The molecule has 0 aromatic heterocycles. The molecule has 0 aliphatic carbocycles. The molecule has 2 aliphatic rings. The summed E-state index contributed by atoms with van der Waals surface area (Å²) in [7, 11) is 0. The largest absolute Gasteiger partial charge is 0.481 e. The van der Waals surface area contributed by atoms with Gasteiger partial charge in [-0.05, 0) is 44.1 Å². The van der Waals surface area contributed by atoms with Crippen molar-refractivity contribution in [3.63, 3.8) is 0 Å². The van der Waals surface area contributed by atoms with Gasteiger partial charge in [0, 0.05) is 4.47 Å². The zero-order chi connectivity index (χ0) is 16.6. The minimum Gasteiger partial charge on any atom is -0.481 e. The standard InChI is InChI=1S/C16H17BrN2O4/c17-11-2-1-3-12(8-11)19-14(20)9-13(15(19)21)18-6-4-10(5-7-18)16(22)23/h1-3,8,10,13H,4-7,9H2,(H,22,23). The molecule has 1 atom stereocenters. The Kier molecular flexibility index (Phi) is 4.50. The fraction of sp³-hybridized carbons (Fsp3) is 0.438. The Balaban J connectivity index is 1.73. The smallest absolute Gasteiger partial charge is 0.306 e. The third kappa shape index (κ3) is 3.16. The second kappa shape index (κ2) is 6.41. The van der Waals surface area contributed by atoms with Crippen LogP contribution in [-0.2, 0) is 14.4 Å². The average molecular weight is 381 g/mol. The molecule has 2 amide bonds. The number of nitrogens with zero attached hydrogens (tertiary/aromatic N) is 2. The number of amides is 2. The van der Waals surface area contributed by atoms with E-state index in [4.69, 9.17) is 5.11 Å². The first kappa shape index (κ1) is 16.1. The van der Waals surface area contributed by atoms with Crippen LogP contribution in [0, 0.1) is 5.92 Å². The number of carbonyl (C=O) groups is 3. The number of aliphatic carboxylic acids is 1. The van der Waals surface area contributed by atoms with Crippen molar-refractivity contribution in [2.75, 3.05) is 18.0 Å². The number of halogens is 1. The van der Waals surface area contributed by atoms with Crippen molar-refractivity contribution in [1.82, 2.24) is 4.90 Å². The average Bonchev–Trinajstić information content (AvgIpc) is 2.82. The molecule has 0 spiro atoms. The Hall–Kier alpha value is -1.73. The lowest BCUT2D eigenvalue weighted by molar-refractivity contribution is -0.143. The van der Waals surface area contributed by atoms with E-state index in [1.54, 1.807) is 18.2 Å². The van der Waals surface area contributed by atoms with E-state index in [1.807, 2.05) is 11.0 Å². The van der Waals surface area contributed by atoms with Crippen LogP contribution in [0.5, 0.6) is 0 Å². The van der Waals surface area contributed by atoms with Crippen molar-refractivity contribution in [3.8, 4) is 0 Å². The number of anilines is 1. The van der Waals surface area contributed by atoms with Gasteiger partial charge in [0.15, 0.2) is 0 Å². The molecule has 7 heteroatoms. The van der Waals surface area contributed by atoms with Crippen molar-refractivity contribution >= 4 is 39.4 Å². The van der Waals surface area contributed by atoms with Gasteiger partial charge in [-0.15, -0.1) is 0 Å². The molecule has 2 saturated heterocycles. The second-order valence-electron chi connectivity index (χ2n) is 5.92. The molecule has 0 radical (unpaired) electrons. The maximum Gasteiger partial charge on any atom is 0.306 e. The highest BCUT2D eigenvalue weighted by Crippen LogP contribution is 2.29. The van der Waals surface area contributed by atoms with Gasteiger partial charge in [0.25, 0.3) is 5.91 Å². The lowest BCUT2D eigenvalue weighted by Crippen LogP contribution is -2.46. The van der Waals surface area contributed by atoms with Crippen LogP contribution in [-0.4, -0.2) is 46.9 Å². The molecule has 23 heavy (non-hydrogen) atoms. The summed E-state index contributed by atoms with van der Waals surface area (Å²) in [4.78, 5) is 39.2. The Morgan fingerprint density at radius 3 is 2.52 bits per heavy atom. The fourth-order valence-electron chi connectivity index (χ4n) is 3.25. The zero-order valence-electron chi connectivity index (χ0n) is 12.4. The van der Waals surface area contributed by atoms with Crippen LogP contribution < -0.4 is 4.90 Å². The topological polar surface area (TPSA) is 77.9 Å². The van der Waals surface area contributed by atoms with Gasteiger partial charge in [-0.2, -0.15) is 0 Å². The minimum absolute atomic E-state index is 0.156. The van der Waals surface area contributed by atoms with Gasteiger partial charge in [-0.1, -0.05) is 22.0 Å². The van der Waals surface area contributed by atoms with E-state index in [9.17, 15) is 14.4 Å². The normalized spacial score (nSPS) is 23.5.